The van der Waals surface area contributed by atoms with Gasteiger partial charge in [-0.3, -0.25) is 4.79 Å². The Balaban J connectivity index is 1.82. The number of furan rings is 1. The molecule has 0 saturated carbocycles. The SMILES string of the molecule is COc1ccc(C=CC(=O)NCCC(O)c2ccoc2)cc1OC. The van der Waals surface area contributed by atoms with Crippen LogP contribution in [0.5, 0.6) is 11.5 Å². The van der Waals surface area contributed by atoms with Crippen molar-refractivity contribution in [2.24, 2.45) is 0 Å². The van der Waals surface area contributed by atoms with Crippen molar-refractivity contribution in [3.05, 3.63) is 54.0 Å². The van der Waals surface area contributed by atoms with Crippen LogP contribution in [0.25, 0.3) is 6.08 Å². The van der Waals surface area contributed by atoms with E-state index in [2.05, 4.69) is 5.32 Å². The summed E-state index contributed by atoms with van der Waals surface area (Å²) in [4.78, 5) is 11.8. The normalized spacial score (nSPS) is 12.1. The quantitative estimate of drug-likeness (QED) is 0.727. The van der Waals surface area contributed by atoms with E-state index in [1.807, 2.05) is 6.07 Å². The maximum Gasteiger partial charge on any atom is 0.244 e. The van der Waals surface area contributed by atoms with Gasteiger partial charge in [-0.2, -0.15) is 0 Å². The van der Waals surface area contributed by atoms with Crippen molar-refractivity contribution in [3.8, 4) is 11.5 Å². The van der Waals surface area contributed by atoms with Gasteiger partial charge in [-0.1, -0.05) is 6.07 Å². The number of rotatable bonds is 8. The minimum Gasteiger partial charge on any atom is -0.493 e. The topological polar surface area (TPSA) is 80.9 Å². The van der Waals surface area contributed by atoms with Gasteiger partial charge in [-0.25, -0.2) is 0 Å². The van der Waals surface area contributed by atoms with Crippen LogP contribution in [0.1, 0.15) is 23.7 Å². The predicted molar refractivity (Wildman–Crippen MR) is 89.9 cm³/mol. The van der Waals surface area contributed by atoms with Gasteiger partial charge in [0.25, 0.3) is 0 Å². The summed E-state index contributed by atoms with van der Waals surface area (Å²) in [6, 6.07) is 7.08. The Morgan fingerprint density at radius 2 is 2.08 bits per heavy atom. The molecule has 1 amide bonds. The number of carbonyl (C=O) groups is 1. The summed E-state index contributed by atoms with van der Waals surface area (Å²) in [5.41, 5.74) is 1.52. The molecule has 1 atom stereocenters. The third-order valence-corrected chi connectivity index (χ3v) is 3.48. The van der Waals surface area contributed by atoms with Crippen molar-refractivity contribution in [3.63, 3.8) is 0 Å². The molecule has 128 valence electrons. The number of carbonyl (C=O) groups excluding carboxylic acids is 1. The molecule has 1 aromatic heterocycles. The Morgan fingerprint density at radius 1 is 1.29 bits per heavy atom. The average Bonchev–Trinajstić information content (AvgIpc) is 3.14. The van der Waals surface area contributed by atoms with Gasteiger partial charge in [0.05, 0.1) is 32.8 Å². The van der Waals surface area contributed by atoms with Crippen LogP contribution in [-0.4, -0.2) is 31.8 Å². The highest BCUT2D eigenvalue weighted by Gasteiger charge is 2.08. The Kier molecular flexibility index (Phi) is 6.45. The standard InChI is InChI=1S/C18H21NO5/c1-22-16-5-3-13(11-17(16)23-2)4-6-18(21)19-9-7-15(20)14-8-10-24-12-14/h3-6,8,10-12,15,20H,7,9H2,1-2H3,(H,19,21). The lowest BCUT2D eigenvalue weighted by Crippen LogP contribution is -2.23. The Hall–Kier alpha value is -2.73. The summed E-state index contributed by atoms with van der Waals surface area (Å²) < 4.78 is 15.3. The summed E-state index contributed by atoms with van der Waals surface area (Å²) in [6.45, 7) is 0.363. The molecule has 6 heteroatoms. The molecular formula is C18H21NO5. The summed E-state index contributed by atoms with van der Waals surface area (Å²) >= 11 is 0. The number of ether oxygens (including phenoxy) is 2. The molecule has 0 saturated heterocycles. The maximum atomic E-state index is 11.8. The molecular weight excluding hydrogens is 310 g/mol. The van der Waals surface area contributed by atoms with Crippen molar-refractivity contribution in [2.45, 2.75) is 12.5 Å². The molecule has 0 aliphatic rings. The molecule has 1 aromatic carbocycles. The number of aliphatic hydroxyl groups excluding tert-OH is 1. The van der Waals surface area contributed by atoms with Crippen LogP contribution >= 0.6 is 0 Å². The lowest BCUT2D eigenvalue weighted by Gasteiger charge is -2.08. The third kappa shape index (κ3) is 4.89. The van der Waals surface area contributed by atoms with Crippen molar-refractivity contribution in [2.75, 3.05) is 20.8 Å². The maximum absolute atomic E-state index is 11.8. The van der Waals surface area contributed by atoms with Crippen LogP contribution in [0.4, 0.5) is 0 Å². The molecule has 2 N–H and O–H groups in total. The monoisotopic (exact) mass is 331 g/mol. The van der Waals surface area contributed by atoms with Crippen molar-refractivity contribution in [1.29, 1.82) is 0 Å². The number of benzene rings is 1. The molecule has 2 aromatic rings. The molecule has 0 radical (unpaired) electrons. The molecule has 0 fully saturated rings. The van der Waals surface area contributed by atoms with E-state index in [0.29, 0.717) is 30.0 Å². The van der Waals surface area contributed by atoms with Crippen LogP contribution in [0.15, 0.2) is 47.3 Å². The van der Waals surface area contributed by atoms with Crippen molar-refractivity contribution < 1.29 is 23.8 Å². The third-order valence-electron chi connectivity index (χ3n) is 3.48. The predicted octanol–water partition coefficient (Wildman–Crippen LogP) is 2.55. The van der Waals surface area contributed by atoms with Gasteiger partial charge >= 0.3 is 0 Å². The summed E-state index contributed by atoms with van der Waals surface area (Å²) in [5.74, 6) is 1.000. The zero-order chi connectivity index (χ0) is 17.4. The van der Waals surface area contributed by atoms with Crippen LogP contribution in [0, 0.1) is 0 Å². The number of amides is 1. The highest BCUT2D eigenvalue weighted by molar-refractivity contribution is 5.91. The van der Waals surface area contributed by atoms with Crippen LogP contribution in [-0.2, 0) is 4.79 Å². The molecule has 24 heavy (non-hydrogen) atoms. The van der Waals surface area contributed by atoms with Gasteiger partial charge in [-0.05, 0) is 36.3 Å². The minimum atomic E-state index is -0.654. The van der Waals surface area contributed by atoms with E-state index < -0.39 is 6.10 Å². The minimum absolute atomic E-state index is 0.232. The Labute approximate surface area is 140 Å². The second kappa shape index (κ2) is 8.79. The van der Waals surface area contributed by atoms with E-state index in [-0.39, 0.29) is 5.91 Å². The number of hydrogen-bond donors (Lipinski definition) is 2. The van der Waals surface area contributed by atoms with E-state index >= 15 is 0 Å². The zero-order valence-corrected chi connectivity index (χ0v) is 13.7. The first-order chi connectivity index (χ1) is 11.6. The summed E-state index contributed by atoms with van der Waals surface area (Å²) in [6.07, 6.45) is 5.87. The first-order valence-electron chi connectivity index (χ1n) is 7.52. The van der Waals surface area contributed by atoms with Gasteiger partial charge < -0.3 is 24.3 Å². The largest absolute Gasteiger partial charge is 0.493 e. The first kappa shape index (κ1) is 17.6. The number of aliphatic hydroxyl groups is 1. The lowest BCUT2D eigenvalue weighted by molar-refractivity contribution is -0.116. The molecule has 0 aliphatic heterocycles. The second-order valence-electron chi connectivity index (χ2n) is 5.10. The number of hydrogen-bond acceptors (Lipinski definition) is 5. The van der Waals surface area contributed by atoms with E-state index in [9.17, 15) is 9.90 Å². The highest BCUT2D eigenvalue weighted by Crippen LogP contribution is 2.27. The zero-order valence-electron chi connectivity index (χ0n) is 13.7. The van der Waals surface area contributed by atoms with Gasteiger partial charge in [0.15, 0.2) is 11.5 Å². The smallest absolute Gasteiger partial charge is 0.244 e. The summed E-state index contributed by atoms with van der Waals surface area (Å²) in [7, 11) is 3.13. The molecule has 0 bridgehead atoms. The van der Waals surface area contributed by atoms with Gasteiger partial charge in [-0.15, -0.1) is 0 Å². The van der Waals surface area contributed by atoms with E-state index in [1.165, 1.54) is 18.6 Å². The summed E-state index contributed by atoms with van der Waals surface area (Å²) in [5, 5.41) is 12.6. The molecule has 0 aliphatic carbocycles. The molecule has 1 unspecified atom stereocenters. The highest BCUT2D eigenvalue weighted by atomic mass is 16.5. The fraction of sp³-hybridized carbons (Fsp3) is 0.278. The second-order valence-corrected chi connectivity index (χ2v) is 5.10. The van der Waals surface area contributed by atoms with Crippen molar-refractivity contribution in [1.82, 2.24) is 5.32 Å². The van der Waals surface area contributed by atoms with E-state index in [0.717, 1.165) is 5.56 Å². The van der Waals surface area contributed by atoms with E-state index in [1.54, 1.807) is 38.5 Å². The van der Waals surface area contributed by atoms with Gasteiger partial charge in [0.1, 0.15) is 0 Å². The Morgan fingerprint density at radius 3 is 2.75 bits per heavy atom. The van der Waals surface area contributed by atoms with E-state index in [4.69, 9.17) is 13.9 Å². The molecule has 6 nitrogen and oxygen atoms in total. The Bertz CT molecular complexity index is 679. The van der Waals surface area contributed by atoms with Crippen LogP contribution in [0.3, 0.4) is 0 Å². The van der Waals surface area contributed by atoms with Crippen LogP contribution < -0.4 is 14.8 Å². The lowest BCUT2D eigenvalue weighted by atomic mass is 10.1. The fourth-order valence-corrected chi connectivity index (χ4v) is 2.15. The molecule has 2 rings (SSSR count). The van der Waals surface area contributed by atoms with Crippen molar-refractivity contribution >= 4 is 12.0 Å². The number of methoxy groups -OCH3 is 2. The van der Waals surface area contributed by atoms with Gasteiger partial charge in [0.2, 0.25) is 5.91 Å². The van der Waals surface area contributed by atoms with Gasteiger partial charge in [0, 0.05) is 18.2 Å². The van der Waals surface area contributed by atoms with Crippen LogP contribution in [0.2, 0.25) is 0 Å². The average molecular weight is 331 g/mol. The molecule has 0 spiro atoms. The fourth-order valence-electron chi connectivity index (χ4n) is 2.15. The first-order valence-corrected chi connectivity index (χ1v) is 7.52. The number of nitrogens with one attached hydrogen (secondary N) is 1. The molecule has 1 heterocycles.